The van der Waals surface area contributed by atoms with Crippen LogP contribution < -0.4 is 0 Å². The summed E-state index contributed by atoms with van der Waals surface area (Å²) in [6.07, 6.45) is -0.0249. The molecule has 7 heteroatoms. The molecule has 0 atom stereocenters. The first-order valence-corrected chi connectivity index (χ1v) is 8.02. The summed E-state index contributed by atoms with van der Waals surface area (Å²) < 4.78 is 44.1. The van der Waals surface area contributed by atoms with E-state index < -0.39 is 21.8 Å². The Morgan fingerprint density at radius 3 is 2.29 bits per heavy atom. The van der Waals surface area contributed by atoms with Crippen molar-refractivity contribution < 1.29 is 22.3 Å². The van der Waals surface area contributed by atoms with E-state index in [2.05, 4.69) is 0 Å². The van der Waals surface area contributed by atoms with Crippen molar-refractivity contribution in [2.45, 2.75) is 32.1 Å². The molecular formula is C14H20FNO4S. The van der Waals surface area contributed by atoms with Gasteiger partial charge >= 0.3 is 5.97 Å². The summed E-state index contributed by atoms with van der Waals surface area (Å²) in [5.74, 6) is -0.926. The van der Waals surface area contributed by atoms with E-state index >= 15 is 0 Å². The zero-order chi connectivity index (χ0) is 16.2. The third-order valence-corrected chi connectivity index (χ3v) is 5.19. The highest BCUT2D eigenvalue weighted by Crippen LogP contribution is 2.24. The average molecular weight is 317 g/mol. The fourth-order valence-corrected chi connectivity index (χ4v) is 3.64. The van der Waals surface area contributed by atoms with Crippen LogP contribution in [0.25, 0.3) is 0 Å². The minimum Gasteiger partial charge on any atom is -0.466 e. The summed E-state index contributed by atoms with van der Waals surface area (Å²) in [5, 5.41) is 0. The molecule has 0 bridgehead atoms. The van der Waals surface area contributed by atoms with Gasteiger partial charge < -0.3 is 4.74 Å². The molecule has 5 nitrogen and oxygen atoms in total. The van der Waals surface area contributed by atoms with Crippen LogP contribution in [0, 0.1) is 19.7 Å². The van der Waals surface area contributed by atoms with Crippen molar-refractivity contribution in [2.75, 3.05) is 20.2 Å². The Balaban J connectivity index is 2.98. The number of hydrogen-bond acceptors (Lipinski definition) is 4. The highest BCUT2D eigenvalue weighted by molar-refractivity contribution is 7.89. The predicted molar refractivity (Wildman–Crippen MR) is 76.9 cm³/mol. The van der Waals surface area contributed by atoms with Gasteiger partial charge in [-0.3, -0.25) is 4.79 Å². The van der Waals surface area contributed by atoms with Gasteiger partial charge in [0.2, 0.25) is 10.0 Å². The van der Waals surface area contributed by atoms with Crippen molar-refractivity contribution in [3.05, 3.63) is 29.1 Å². The maximum Gasteiger partial charge on any atom is 0.307 e. The second-order valence-corrected chi connectivity index (χ2v) is 6.73. The lowest BCUT2D eigenvalue weighted by molar-refractivity contribution is -0.143. The number of sulfonamides is 1. The SMILES string of the molecule is CCOC(=O)CCN(C)S(=O)(=O)c1c(C)cc(F)cc1C. The third-order valence-electron chi connectivity index (χ3n) is 3.03. The van der Waals surface area contributed by atoms with Crippen LogP contribution in [0.15, 0.2) is 17.0 Å². The molecule has 0 aromatic heterocycles. The van der Waals surface area contributed by atoms with Gasteiger partial charge in [-0.1, -0.05) is 0 Å². The first kappa shape index (κ1) is 17.6. The van der Waals surface area contributed by atoms with Crippen LogP contribution in [-0.4, -0.2) is 38.9 Å². The quantitative estimate of drug-likeness (QED) is 0.753. The maximum atomic E-state index is 13.3. The van der Waals surface area contributed by atoms with Gasteiger partial charge in [-0.2, -0.15) is 0 Å². The standard InChI is InChI=1S/C14H20FNO4S/c1-5-20-13(17)6-7-16(4)21(18,19)14-10(2)8-12(15)9-11(14)3/h8-9H,5-7H2,1-4H3. The first-order chi connectivity index (χ1) is 9.70. The van der Waals surface area contributed by atoms with Gasteiger partial charge in [-0.25, -0.2) is 17.1 Å². The molecule has 0 fully saturated rings. The number of esters is 1. The molecule has 0 saturated carbocycles. The molecule has 21 heavy (non-hydrogen) atoms. The van der Waals surface area contributed by atoms with Crippen LogP contribution >= 0.6 is 0 Å². The molecular weight excluding hydrogens is 297 g/mol. The fourth-order valence-electron chi connectivity index (χ4n) is 2.06. The number of halogens is 1. The lowest BCUT2D eigenvalue weighted by Crippen LogP contribution is -2.30. The van der Waals surface area contributed by atoms with Gasteiger partial charge in [0.1, 0.15) is 5.82 Å². The smallest absolute Gasteiger partial charge is 0.307 e. The molecule has 0 aliphatic rings. The van der Waals surface area contributed by atoms with Gasteiger partial charge in [-0.15, -0.1) is 0 Å². The third kappa shape index (κ3) is 4.25. The van der Waals surface area contributed by atoms with E-state index in [0.29, 0.717) is 11.1 Å². The molecule has 0 amide bonds. The fraction of sp³-hybridized carbons (Fsp3) is 0.500. The summed E-state index contributed by atoms with van der Waals surface area (Å²) in [4.78, 5) is 11.4. The topological polar surface area (TPSA) is 63.7 Å². The van der Waals surface area contributed by atoms with Crippen LogP contribution in [0.4, 0.5) is 4.39 Å². The van der Waals surface area contributed by atoms with Gasteiger partial charge in [-0.05, 0) is 44.0 Å². The van der Waals surface area contributed by atoms with Crippen molar-refractivity contribution in [1.29, 1.82) is 0 Å². The van der Waals surface area contributed by atoms with Crippen LogP contribution in [0.3, 0.4) is 0 Å². The van der Waals surface area contributed by atoms with E-state index in [1.807, 2.05) is 0 Å². The molecule has 1 aromatic rings. The largest absolute Gasteiger partial charge is 0.466 e. The maximum absolute atomic E-state index is 13.3. The minimum absolute atomic E-state index is 0.0113. The van der Waals surface area contributed by atoms with Gasteiger partial charge in [0.05, 0.1) is 17.9 Å². The minimum atomic E-state index is -3.77. The van der Waals surface area contributed by atoms with Gasteiger partial charge in [0.25, 0.3) is 0 Å². The van der Waals surface area contributed by atoms with Crippen molar-refractivity contribution in [2.24, 2.45) is 0 Å². The molecule has 1 aromatic carbocycles. The lowest BCUT2D eigenvalue weighted by atomic mass is 10.1. The lowest BCUT2D eigenvalue weighted by Gasteiger charge is -2.19. The molecule has 0 heterocycles. The Morgan fingerprint density at radius 1 is 1.29 bits per heavy atom. The molecule has 0 N–H and O–H groups in total. The summed E-state index contributed by atoms with van der Waals surface area (Å²) in [7, 11) is -2.38. The highest BCUT2D eigenvalue weighted by Gasteiger charge is 2.25. The van der Waals surface area contributed by atoms with E-state index in [9.17, 15) is 17.6 Å². The zero-order valence-electron chi connectivity index (χ0n) is 12.6. The second kappa shape index (κ2) is 7.00. The predicted octanol–water partition coefficient (Wildman–Crippen LogP) is 2.02. The Labute approximate surface area is 124 Å². The van der Waals surface area contributed by atoms with Crippen molar-refractivity contribution >= 4 is 16.0 Å². The number of carbonyl (C=O) groups is 1. The van der Waals surface area contributed by atoms with E-state index in [-0.39, 0.29) is 24.5 Å². The number of benzene rings is 1. The molecule has 0 spiro atoms. The van der Waals surface area contributed by atoms with Gasteiger partial charge in [0.15, 0.2) is 0 Å². The van der Waals surface area contributed by atoms with Crippen LogP contribution in [0.1, 0.15) is 24.5 Å². The number of nitrogens with zero attached hydrogens (tertiary/aromatic N) is 1. The summed E-state index contributed by atoms with van der Waals surface area (Å²) in [6.45, 7) is 5.04. The van der Waals surface area contributed by atoms with E-state index in [4.69, 9.17) is 4.74 Å². The number of hydrogen-bond donors (Lipinski definition) is 0. The van der Waals surface area contributed by atoms with Gasteiger partial charge in [0, 0.05) is 13.6 Å². The van der Waals surface area contributed by atoms with Crippen LogP contribution in [0.5, 0.6) is 0 Å². The Hall–Kier alpha value is -1.47. The van der Waals surface area contributed by atoms with Crippen molar-refractivity contribution in [3.8, 4) is 0 Å². The highest BCUT2D eigenvalue weighted by atomic mass is 32.2. The normalized spacial score (nSPS) is 11.7. The summed E-state index contributed by atoms with van der Waals surface area (Å²) >= 11 is 0. The van der Waals surface area contributed by atoms with E-state index in [1.165, 1.54) is 19.2 Å². The van der Waals surface area contributed by atoms with E-state index in [0.717, 1.165) is 4.31 Å². The molecule has 0 aliphatic heterocycles. The Morgan fingerprint density at radius 2 is 1.81 bits per heavy atom. The molecule has 1 rings (SSSR count). The Bertz CT molecular complexity index is 605. The molecule has 0 radical (unpaired) electrons. The molecule has 0 saturated heterocycles. The van der Waals surface area contributed by atoms with Crippen LogP contribution in [0.2, 0.25) is 0 Å². The molecule has 0 unspecified atom stereocenters. The van der Waals surface area contributed by atoms with Crippen molar-refractivity contribution in [1.82, 2.24) is 4.31 Å². The molecule has 0 aliphatic carbocycles. The zero-order valence-corrected chi connectivity index (χ0v) is 13.5. The van der Waals surface area contributed by atoms with E-state index in [1.54, 1.807) is 20.8 Å². The summed E-state index contributed by atoms with van der Waals surface area (Å²) in [5.41, 5.74) is 0.686. The summed E-state index contributed by atoms with van der Waals surface area (Å²) in [6, 6.07) is 2.36. The number of ether oxygens (including phenoxy) is 1. The number of aryl methyl sites for hydroxylation is 2. The average Bonchev–Trinajstić information content (AvgIpc) is 2.34. The number of carbonyl (C=O) groups excluding carboxylic acids is 1. The first-order valence-electron chi connectivity index (χ1n) is 6.58. The van der Waals surface area contributed by atoms with Crippen LogP contribution in [-0.2, 0) is 19.6 Å². The second-order valence-electron chi connectivity index (χ2n) is 4.75. The number of rotatable bonds is 6. The Kier molecular flexibility index (Phi) is 5.86. The van der Waals surface area contributed by atoms with Crippen molar-refractivity contribution in [3.63, 3.8) is 0 Å². The monoisotopic (exact) mass is 317 g/mol. The molecule has 118 valence electrons.